The van der Waals surface area contributed by atoms with Crippen LogP contribution in [0.4, 0.5) is 5.69 Å². The summed E-state index contributed by atoms with van der Waals surface area (Å²) in [6.07, 6.45) is 5.82. The van der Waals surface area contributed by atoms with Crippen molar-refractivity contribution in [1.82, 2.24) is 4.72 Å². The van der Waals surface area contributed by atoms with Crippen molar-refractivity contribution in [3.8, 4) is 5.75 Å². The van der Waals surface area contributed by atoms with Gasteiger partial charge in [-0.05, 0) is 37.0 Å². The Hall–Kier alpha value is -1.27. The summed E-state index contributed by atoms with van der Waals surface area (Å²) in [5.74, 6) is 0.469. The van der Waals surface area contributed by atoms with Crippen LogP contribution in [0.5, 0.6) is 5.75 Å². The second-order valence-corrected chi connectivity index (χ2v) is 7.15. The van der Waals surface area contributed by atoms with E-state index in [4.69, 9.17) is 10.5 Å². The molecule has 2 rings (SSSR count). The molecule has 0 aliphatic carbocycles. The zero-order valence-corrected chi connectivity index (χ0v) is 13.3. The first kappa shape index (κ1) is 16.1. The summed E-state index contributed by atoms with van der Waals surface area (Å²) in [6, 6.07) is 3.29. The van der Waals surface area contributed by atoms with Gasteiger partial charge in [-0.25, -0.2) is 13.1 Å². The van der Waals surface area contributed by atoms with Gasteiger partial charge in [-0.2, -0.15) is 0 Å². The van der Waals surface area contributed by atoms with Gasteiger partial charge < -0.3 is 10.5 Å². The first-order chi connectivity index (χ1) is 10.0. The van der Waals surface area contributed by atoms with Crippen LogP contribution in [-0.2, 0) is 16.4 Å². The second-order valence-electron chi connectivity index (χ2n) is 5.42. The number of benzene rings is 1. The Labute approximate surface area is 126 Å². The van der Waals surface area contributed by atoms with Crippen molar-refractivity contribution < 1.29 is 13.2 Å². The Balaban J connectivity index is 2.14. The third-order valence-electron chi connectivity index (χ3n) is 3.60. The Morgan fingerprint density at radius 2 is 2.10 bits per heavy atom. The fourth-order valence-electron chi connectivity index (χ4n) is 2.51. The van der Waals surface area contributed by atoms with Crippen molar-refractivity contribution in [3.05, 3.63) is 17.7 Å². The molecule has 0 radical (unpaired) electrons. The minimum Gasteiger partial charge on any atom is -0.492 e. The van der Waals surface area contributed by atoms with E-state index >= 15 is 0 Å². The van der Waals surface area contributed by atoms with Gasteiger partial charge in [0.25, 0.3) is 0 Å². The molecule has 1 aliphatic heterocycles. The number of anilines is 1. The van der Waals surface area contributed by atoms with Crippen LogP contribution in [0.25, 0.3) is 0 Å². The Bertz CT molecular complexity index is 585. The van der Waals surface area contributed by atoms with Crippen LogP contribution in [0.1, 0.15) is 44.6 Å². The lowest BCUT2D eigenvalue weighted by Crippen LogP contribution is -2.26. The molecular formula is C15H24N2O3S. The lowest BCUT2D eigenvalue weighted by molar-refractivity contribution is 0.280. The van der Waals surface area contributed by atoms with Crippen LogP contribution < -0.4 is 15.2 Å². The van der Waals surface area contributed by atoms with Gasteiger partial charge in [-0.3, -0.25) is 0 Å². The quantitative estimate of drug-likeness (QED) is 0.598. The third kappa shape index (κ3) is 4.11. The highest BCUT2D eigenvalue weighted by Crippen LogP contribution is 2.34. The fourth-order valence-corrected chi connectivity index (χ4v) is 3.80. The van der Waals surface area contributed by atoms with Gasteiger partial charge in [0.15, 0.2) is 0 Å². The summed E-state index contributed by atoms with van der Waals surface area (Å²) in [4.78, 5) is 0.174. The van der Waals surface area contributed by atoms with Crippen LogP contribution >= 0.6 is 0 Å². The van der Waals surface area contributed by atoms with E-state index in [0.29, 0.717) is 24.6 Å². The molecule has 0 saturated heterocycles. The SMILES string of the molecule is CCCCCCNS(=O)(=O)c1cc(N)cc2c1OCCC2. The average Bonchev–Trinajstić information content (AvgIpc) is 2.46. The predicted molar refractivity (Wildman–Crippen MR) is 84.0 cm³/mol. The highest BCUT2D eigenvalue weighted by molar-refractivity contribution is 7.89. The van der Waals surface area contributed by atoms with Gasteiger partial charge in [-0.15, -0.1) is 0 Å². The maximum absolute atomic E-state index is 12.4. The minimum absolute atomic E-state index is 0.174. The molecule has 6 heteroatoms. The monoisotopic (exact) mass is 312 g/mol. The normalized spacial score (nSPS) is 14.5. The molecule has 0 bridgehead atoms. The number of nitrogen functional groups attached to an aromatic ring is 1. The fraction of sp³-hybridized carbons (Fsp3) is 0.600. The number of fused-ring (bicyclic) bond motifs is 1. The maximum Gasteiger partial charge on any atom is 0.244 e. The van der Waals surface area contributed by atoms with Crippen molar-refractivity contribution in [1.29, 1.82) is 0 Å². The summed E-state index contributed by atoms with van der Waals surface area (Å²) in [5, 5.41) is 0. The molecule has 1 aromatic carbocycles. The molecule has 0 amide bonds. The number of unbranched alkanes of at least 4 members (excludes halogenated alkanes) is 3. The van der Waals surface area contributed by atoms with Gasteiger partial charge in [-0.1, -0.05) is 26.2 Å². The zero-order valence-electron chi connectivity index (χ0n) is 12.5. The summed E-state index contributed by atoms with van der Waals surface area (Å²) in [5.41, 5.74) is 7.17. The number of aryl methyl sites for hydroxylation is 1. The highest BCUT2D eigenvalue weighted by atomic mass is 32.2. The van der Waals surface area contributed by atoms with E-state index in [0.717, 1.165) is 44.1 Å². The number of sulfonamides is 1. The number of hydrogen-bond donors (Lipinski definition) is 2. The number of nitrogens with two attached hydrogens (primary N) is 1. The predicted octanol–water partition coefficient (Wildman–Crippen LogP) is 2.45. The van der Waals surface area contributed by atoms with E-state index in [9.17, 15) is 8.42 Å². The Kier molecular flexibility index (Phi) is 5.47. The molecule has 0 spiro atoms. The molecule has 1 aliphatic rings. The summed E-state index contributed by atoms with van der Waals surface area (Å²) >= 11 is 0. The van der Waals surface area contributed by atoms with Crippen molar-refractivity contribution >= 4 is 15.7 Å². The number of nitrogens with one attached hydrogen (secondary N) is 1. The summed E-state index contributed by atoms with van der Waals surface area (Å²) < 4.78 is 33.1. The van der Waals surface area contributed by atoms with Gasteiger partial charge in [0.1, 0.15) is 10.6 Å². The van der Waals surface area contributed by atoms with Crippen LogP contribution in [0.2, 0.25) is 0 Å². The highest BCUT2D eigenvalue weighted by Gasteiger charge is 2.24. The van der Waals surface area contributed by atoms with Gasteiger partial charge in [0, 0.05) is 12.2 Å². The standard InChI is InChI=1S/C15H24N2O3S/c1-2-3-4-5-8-17-21(18,19)14-11-13(16)10-12-7-6-9-20-15(12)14/h10-11,17H,2-9,16H2,1H3. The first-order valence-corrected chi connectivity index (χ1v) is 9.08. The second kappa shape index (κ2) is 7.13. The Morgan fingerprint density at radius 1 is 1.29 bits per heavy atom. The van der Waals surface area contributed by atoms with E-state index in [2.05, 4.69) is 11.6 Å². The van der Waals surface area contributed by atoms with E-state index in [1.165, 1.54) is 6.07 Å². The molecule has 0 unspecified atom stereocenters. The van der Waals surface area contributed by atoms with Crippen molar-refractivity contribution in [2.75, 3.05) is 18.9 Å². The first-order valence-electron chi connectivity index (χ1n) is 7.59. The van der Waals surface area contributed by atoms with E-state index in [-0.39, 0.29) is 4.90 Å². The molecule has 0 atom stereocenters. The Morgan fingerprint density at radius 3 is 2.86 bits per heavy atom. The van der Waals surface area contributed by atoms with E-state index in [1.54, 1.807) is 6.07 Å². The summed E-state index contributed by atoms with van der Waals surface area (Å²) in [7, 11) is -3.57. The molecule has 21 heavy (non-hydrogen) atoms. The van der Waals surface area contributed by atoms with Gasteiger partial charge >= 0.3 is 0 Å². The lowest BCUT2D eigenvalue weighted by atomic mass is 10.1. The smallest absolute Gasteiger partial charge is 0.244 e. The molecule has 0 aromatic heterocycles. The van der Waals surface area contributed by atoms with Crippen molar-refractivity contribution in [3.63, 3.8) is 0 Å². The number of ether oxygens (including phenoxy) is 1. The maximum atomic E-state index is 12.4. The molecule has 0 saturated carbocycles. The van der Waals surface area contributed by atoms with Gasteiger partial charge in [0.2, 0.25) is 10.0 Å². The average molecular weight is 312 g/mol. The molecule has 1 heterocycles. The molecule has 0 fully saturated rings. The third-order valence-corrected chi connectivity index (χ3v) is 5.07. The lowest BCUT2D eigenvalue weighted by Gasteiger charge is -2.21. The number of hydrogen-bond acceptors (Lipinski definition) is 4. The van der Waals surface area contributed by atoms with E-state index in [1.807, 2.05) is 0 Å². The van der Waals surface area contributed by atoms with Crippen molar-refractivity contribution in [2.24, 2.45) is 0 Å². The van der Waals surface area contributed by atoms with Gasteiger partial charge in [0.05, 0.1) is 6.61 Å². The van der Waals surface area contributed by atoms with Crippen LogP contribution in [0.3, 0.4) is 0 Å². The van der Waals surface area contributed by atoms with E-state index < -0.39 is 10.0 Å². The van der Waals surface area contributed by atoms with Crippen LogP contribution in [-0.4, -0.2) is 21.6 Å². The van der Waals surface area contributed by atoms with Crippen LogP contribution in [0.15, 0.2) is 17.0 Å². The number of rotatable bonds is 7. The topological polar surface area (TPSA) is 81.4 Å². The molecular weight excluding hydrogens is 288 g/mol. The summed E-state index contributed by atoms with van der Waals surface area (Å²) in [6.45, 7) is 3.13. The van der Waals surface area contributed by atoms with Crippen LogP contribution in [0, 0.1) is 0 Å². The van der Waals surface area contributed by atoms with Crippen molar-refractivity contribution in [2.45, 2.75) is 50.3 Å². The zero-order chi connectivity index (χ0) is 15.3. The molecule has 118 valence electrons. The minimum atomic E-state index is -3.57. The molecule has 1 aromatic rings. The molecule has 3 N–H and O–H groups in total. The molecule has 5 nitrogen and oxygen atoms in total. The largest absolute Gasteiger partial charge is 0.492 e.